The zero-order chi connectivity index (χ0) is 31.3. The first-order valence-electron chi connectivity index (χ1n) is 15.7. The fourth-order valence-corrected chi connectivity index (χ4v) is 4.51. The number of hydrogen-bond acceptors (Lipinski definition) is 5. The molecule has 0 aromatic heterocycles. The van der Waals surface area contributed by atoms with E-state index in [2.05, 4.69) is 107 Å². The SMILES string of the molecule is C=CN=C(CN(CCNC=O)CCc1ccc(C2CCCCC2)cc1)N=C.CC/C=C\C=C(C)C.CNCCCNC. The Morgan fingerprint density at radius 3 is 2.21 bits per heavy atom. The van der Waals surface area contributed by atoms with Crippen LogP contribution in [-0.4, -0.2) is 77.2 Å². The molecule has 1 fully saturated rings. The second kappa shape index (κ2) is 28.3. The van der Waals surface area contributed by atoms with Gasteiger partial charge in [0.2, 0.25) is 6.41 Å². The molecular formula is C35H60N6O. The molecule has 1 amide bonds. The van der Waals surface area contributed by atoms with Crippen molar-refractivity contribution < 1.29 is 4.79 Å². The number of aliphatic imine (C=N–C) groups is 2. The first kappa shape index (κ1) is 39.1. The van der Waals surface area contributed by atoms with Crippen LogP contribution in [0, 0.1) is 0 Å². The zero-order valence-corrected chi connectivity index (χ0v) is 27.3. The quantitative estimate of drug-likeness (QED) is 0.0664. The van der Waals surface area contributed by atoms with Crippen LogP contribution in [0.5, 0.6) is 0 Å². The predicted molar refractivity (Wildman–Crippen MR) is 185 cm³/mol. The Labute approximate surface area is 257 Å². The Hall–Kier alpha value is -2.87. The van der Waals surface area contributed by atoms with Crippen molar-refractivity contribution >= 4 is 19.0 Å². The van der Waals surface area contributed by atoms with Crippen molar-refractivity contribution in [3.05, 3.63) is 72.0 Å². The number of rotatable bonds is 17. The molecule has 0 heterocycles. The molecular weight excluding hydrogens is 520 g/mol. The fraction of sp³-hybridized carbons (Fsp3) is 0.571. The summed E-state index contributed by atoms with van der Waals surface area (Å²) in [4.78, 5) is 20.8. The van der Waals surface area contributed by atoms with Gasteiger partial charge in [0.15, 0.2) is 0 Å². The van der Waals surface area contributed by atoms with Gasteiger partial charge in [0, 0.05) is 25.8 Å². The normalized spacial score (nSPS) is 13.4. The zero-order valence-electron chi connectivity index (χ0n) is 27.3. The average molecular weight is 581 g/mol. The number of carbonyl (C=O) groups excluding carboxylic acids is 1. The summed E-state index contributed by atoms with van der Waals surface area (Å²) in [6, 6.07) is 9.13. The highest BCUT2D eigenvalue weighted by Gasteiger charge is 2.15. The molecule has 42 heavy (non-hydrogen) atoms. The highest BCUT2D eigenvalue weighted by atomic mass is 16.1. The third-order valence-electron chi connectivity index (χ3n) is 6.87. The van der Waals surface area contributed by atoms with Crippen molar-refractivity contribution in [3.63, 3.8) is 0 Å². The molecule has 236 valence electrons. The number of benzene rings is 1. The van der Waals surface area contributed by atoms with Crippen LogP contribution in [0.1, 0.15) is 82.8 Å². The summed E-state index contributed by atoms with van der Waals surface area (Å²) in [6.45, 7) is 18.5. The van der Waals surface area contributed by atoms with Crippen LogP contribution in [0.25, 0.3) is 0 Å². The van der Waals surface area contributed by atoms with Crippen molar-refractivity contribution in [2.45, 2.75) is 78.1 Å². The monoisotopic (exact) mass is 580 g/mol. The van der Waals surface area contributed by atoms with Gasteiger partial charge >= 0.3 is 0 Å². The molecule has 2 rings (SSSR count). The molecule has 7 nitrogen and oxygen atoms in total. The maximum atomic E-state index is 10.5. The van der Waals surface area contributed by atoms with E-state index in [9.17, 15) is 4.79 Å². The lowest BCUT2D eigenvalue weighted by atomic mass is 9.84. The first-order valence-corrected chi connectivity index (χ1v) is 15.7. The van der Waals surface area contributed by atoms with Gasteiger partial charge < -0.3 is 16.0 Å². The van der Waals surface area contributed by atoms with Crippen LogP contribution >= 0.6 is 0 Å². The minimum Gasteiger partial charge on any atom is -0.357 e. The smallest absolute Gasteiger partial charge is 0.207 e. The van der Waals surface area contributed by atoms with E-state index in [0.29, 0.717) is 18.9 Å². The molecule has 0 atom stereocenters. The van der Waals surface area contributed by atoms with Gasteiger partial charge in [0.25, 0.3) is 0 Å². The van der Waals surface area contributed by atoms with Crippen molar-refractivity contribution in [1.29, 1.82) is 0 Å². The van der Waals surface area contributed by atoms with Crippen LogP contribution in [0.4, 0.5) is 0 Å². The van der Waals surface area contributed by atoms with Crippen molar-refractivity contribution in [3.8, 4) is 0 Å². The lowest BCUT2D eigenvalue weighted by Gasteiger charge is -2.23. The largest absolute Gasteiger partial charge is 0.357 e. The van der Waals surface area contributed by atoms with E-state index in [-0.39, 0.29) is 0 Å². The Morgan fingerprint density at radius 1 is 1.02 bits per heavy atom. The number of amides is 1. The Bertz CT molecular complexity index is 893. The number of allylic oxidation sites excluding steroid dienone is 4. The second-order valence-corrected chi connectivity index (χ2v) is 10.7. The molecule has 1 saturated carbocycles. The molecule has 7 heteroatoms. The van der Waals surface area contributed by atoms with E-state index in [4.69, 9.17) is 0 Å². The summed E-state index contributed by atoms with van der Waals surface area (Å²) in [6.07, 6.45) is 18.6. The van der Waals surface area contributed by atoms with Gasteiger partial charge in [-0.05, 0) is 96.9 Å². The summed E-state index contributed by atoms with van der Waals surface area (Å²) in [5.74, 6) is 1.39. The topological polar surface area (TPSA) is 81.1 Å². The van der Waals surface area contributed by atoms with Gasteiger partial charge in [-0.3, -0.25) is 9.69 Å². The summed E-state index contributed by atoms with van der Waals surface area (Å²) in [5, 5.41) is 8.84. The number of amidine groups is 1. The van der Waals surface area contributed by atoms with Gasteiger partial charge in [0.1, 0.15) is 5.84 Å². The Balaban J connectivity index is 0.000000920. The maximum absolute atomic E-state index is 10.5. The number of carbonyl (C=O) groups is 1. The van der Waals surface area contributed by atoms with E-state index in [1.807, 2.05) is 14.1 Å². The van der Waals surface area contributed by atoms with Crippen LogP contribution < -0.4 is 16.0 Å². The van der Waals surface area contributed by atoms with Gasteiger partial charge in [-0.1, -0.05) is 80.8 Å². The summed E-state index contributed by atoms with van der Waals surface area (Å²) in [7, 11) is 3.94. The standard InChI is InChI=1S/C22H32N4O.C8H14.C5H14N2/c1-3-25-22(23-2)17-26(16-14-24-18-27)15-13-19-9-11-21(12-10-19)20-7-5-4-6-8-20;1-4-5-6-7-8(2)3;1-6-4-3-5-7-2/h3,9-12,18,20H,1-2,4-8,13-17H2,(H,24,27);5-7H,4H2,1-3H3;6-7H,3-5H2,1-2H3/b;6-5-;. The molecule has 1 aromatic rings. The molecule has 0 aliphatic heterocycles. The van der Waals surface area contributed by atoms with Crippen molar-refractivity contribution in [2.24, 2.45) is 9.98 Å². The first-order chi connectivity index (χ1) is 20.4. The lowest BCUT2D eigenvalue weighted by molar-refractivity contribution is -0.109. The molecule has 1 aromatic carbocycles. The third kappa shape index (κ3) is 21.8. The lowest BCUT2D eigenvalue weighted by Crippen LogP contribution is -2.36. The predicted octanol–water partition coefficient (Wildman–Crippen LogP) is 6.30. The number of nitrogens with one attached hydrogen (secondary N) is 3. The highest BCUT2D eigenvalue weighted by molar-refractivity contribution is 5.88. The minimum absolute atomic E-state index is 0.593. The molecule has 0 radical (unpaired) electrons. The average Bonchev–Trinajstić information content (AvgIpc) is 3.01. The van der Waals surface area contributed by atoms with Gasteiger partial charge in [-0.2, -0.15) is 0 Å². The third-order valence-corrected chi connectivity index (χ3v) is 6.87. The fourth-order valence-electron chi connectivity index (χ4n) is 4.51. The molecule has 3 N–H and O–H groups in total. The van der Waals surface area contributed by atoms with Gasteiger partial charge in [-0.25, -0.2) is 9.98 Å². The van der Waals surface area contributed by atoms with Crippen molar-refractivity contribution in [2.75, 3.05) is 53.4 Å². The van der Waals surface area contributed by atoms with E-state index < -0.39 is 0 Å². The molecule has 1 aliphatic carbocycles. The van der Waals surface area contributed by atoms with Gasteiger partial charge in [-0.15, -0.1) is 0 Å². The summed E-state index contributed by atoms with van der Waals surface area (Å²) < 4.78 is 0. The maximum Gasteiger partial charge on any atom is 0.207 e. The van der Waals surface area contributed by atoms with Crippen molar-refractivity contribution in [1.82, 2.24) is 20.9 Å². The van der Waals surface area contributed by atoms with Crippen LogP contribution in [0.2, 0.25) is 0 Å². The van der Waals surface area contributed by atoms with Crippen LogP contribution in [0.15, 0.2) is 70.8 Å². The van der Waals surface area contributed by atoms with E-state index in [0.717, 1.165) is 51.3 Å². The molecule has 0 saturated heterocycles. The van der Waals surface area contributed by atoms with E-state index in [1.165, 1.54) is 61.4 Å². The van der Waals surface area contributed by atoms with E-state index >= 15 is 0 Å². The molecule has 1 aliphatic rings. The summed E-state index contributed by atoms with van der Waals surface area (Å²) in [5.41, 5.74) is 4.17. The Morgan fingerprint density at radius 2 is 1.69 bits per heavy atom. The van der Waals surface area contributed by atoms with Gasteiger partial charge in [0.05, 0.1) is 6.54 Å². The highest BCUT2D eigenvalue weighted by Crippen LogP contribution is 2.32. The molecule has 0 unspecified atom stereocenters. The molecule has 0 bridgehead atoms. The minimum atomic E-state index is 0.593. The number of nitrogens with zero attached hydrogens (tertiary/aromatic N) is 3. The van der Waals surface area contributed by atoms with Crippen LogP contribution in [-0.2, 0) is 11.2 Å². The van der Waals surface area contributed by atoms with Crippen LogP contribution in [0.3, 0.4) is 0 Å². The number of hydrogen-bond donors (Lipinski definition) is 3. The summed E-state index contributed by atoms with van der Waals surface area (Å²) >= 11 is 0. The second-order valence-electron chi connectivity index (χ2n) is 10.7. The molecule has 0 spiro atoms. The Kier molecular flexibility index (Phi) is 26.3. The van der Waals surface area contributed by atoms with E-state index in [1.54, 1.807) is 0 Å².